The molecule has 0 spiro atoms. The van der Waals surface area contributed by atoms with Gasteiger partial charge in [0.25, 0.3) is 5.91 Å². The van der Waals surface area contributed by atoms with Gasteiger partial charge >= 0.3 is 0 Å². The van der Waals surface area contributed by atoms with E-state index in [2.05, 4.69) is 30.7 Å². The summed E-state index contributed by atoms with van der Waals surface area (Å²) in [6, 6.07) is 5.72. The lowest BCUT2D eigenvalue weighted by molar-refractivity contribution is 0.0680. The van der Waals surface area contributed by atoms with E-state index < -0.39 is 0 Å². The van der Waals surface area contributed by atoms with Gasteiger partial charge in [0.05, 0.1) is 34.8 Å². The molecule has 0 radical (unpaired) electrons. The summed E-state index contributed by atoms with van der Waals surface area (Å²) < 4.78 is 13.6. The Morgan fingerprint density at radius 3 is 3.15 bits per heavy atom. The molecule has 2 aliphatic heterocycles. The van der Waals surface area contributed by atoms with Gasteiger partial charge in [-0.15, -0.1) is 0 Å². The largest absolute Gasteiger partial charge is 0.489 e. The Balaban J connectivity index is 1.44. The van der Waals surface area contributed by atoms with Crippen LogP contribution in [0.2, 0.25) is 0 Å². The van der Waals surface area contributed by atoms with Gasteiger partial charge in [-0.05, 0) is 31.0 Å². The van der Waals surface area contributed by atoms with Crippen LogP contribution in [0, 0.1) is 0 Å². The van der Waals surface area contributed by atoms with E-state index in [1.54, 1.807) is 23.3 Å². The van der Waals surface area contributed by atoms with E-state index in [0.717, 1.165) is 47.4 Å². The summed E-state index contributed by atoms with van der Waals surface area (Å²) in [5.74, 6) is 1.08. The molecule has 1 fully saturated rings. The van der Waals surface area contributed by atoms with E-state index >= 15 is 0 Å². The van der Waals surface area contributed by atoms with Crippen LogP contribution in [0.4, 0.5) is 11.5 Å². The minimum Gasteiger partial charge on any atom is -0.489 e. The molecule has 0 aliphatic carbocycles. The Bertz CT molecular complexity index is 1370. The second-order valence-electron chi connectivity index (χ2n) is 8.52. The highest BCUT2D eigenvalue weighted by atomic mass is 16.5. The maximum absolute atomic E-state index is 12.9. The molecule has 3 N–H and O–H groups in total. The highest BCUT2D eigenvalue weighted by Gasteiger charge is 2.29. The summed E-state index contributed by atoms with van der Waals surface area (Å²) in [7, 11) is 1.87. The van der Waals surface area contributed by atoms with Gasteiger partial charge in [-0.25, -0.2) is 0 Å². The number of amides is 1. The van der Waals surface area contributed by atoms with Crippen LogP contribution in [0.15, 0.2) is 36.8 Å². The summed E-state index contributed by atoms with van der Waals surface area (Å²) in [5, 5.41) is 11.0. The van der Waals surface area contributed by atoms with Crippen LogP contribution in [0.3, 0.4) is 0 Å². The molecule has 0 aromatic carbocycles. The molecule has 6 rings (SSSR count). The van der Waals surface area contributed by atoms with Crippen molar-refractivity contribution < 1.29 is 14.3 Å². The quantitative estimate of drug-likeness (QED) is 0.406. The van der Waals surface area contributed by atoms with Gasteiger partial charge in [-0.2, -0.15) is 5.10 Å². The second kappa shape index (κ2) is 8.45. The van der Waals surface area contributed by atoms with Crippen molar-refractivity contribution >= 4 is 28.4 Å². The Hall–Kier alpha value is -3.92. The molecule has 1 amide bonds. The van der Waals surface area contributed by atoms with Gasteiger partial charge in [0.2, 0.25) is 0 Å². The number of carbonyl (C=O) groups is 1. The first-order chi connectivity index (χ1) is 16.7. The predicted octanol–water partition coefficient (Wildman–Crippen LogP) is 2.95. The third kappa shape index (κ3) is 3.56. The highest BCUT2D eigenvalue weighted by Crippen LogP contribution is 2.40. The number of carbonyl (C=O) groups excluding carboxylic acids is 1. The third-order valence-electron chi connectivity index (χ3n) is 6.32. The Kier molecular flexibility index (Phi) is 5.14. The van der Waals surface area contributed by atoms with Gasteiger partial charge in [-0.1, -0.05) is 0 Å². The molecule has 2 aliphatic rings. The number of rotatable bonds is 6. The predicted molar refractivity (Wildman–Crippen MR) is 126 cm³/mol. The first-order valence-electron chi connectivity index (χ1n) is 11.5. The standard InChI is InChI=1S/C24H25N7O3/c1-31-17-5-2-8-26-21(17)23(30-31)29-22-19-16(7-10-27-24(19)32)28-20(22)15-6-9-25-12-18(15)34-13-14-4-3-11-33-14/h2,5-6,8-9,12,14,28H,3-4,7,10-11,13H2,1H3,(H,27,32)(H,29,30)/t14-/m0/s1. The van der Waals surface area contributed by atoms with Crippen molar-refractivity contribution in [3.05, 3.63) is 48.0 Å². The monoisotopic (exact) mass is 459 g/mol. The molecule has 1 saturated heterocycles. The Morgan fingerprint density at radius 2 is 2.26 bits per heavy atom. The summed E-state index contributed by atoms with van der Waals surface area (Å²) in [6.07, 6.45) is 7.97. The molecule has 1 atom stereocenters. The van der Waals surface area contributed by atoms with Crippen molar-refractivity contribution in [2.24, 2.45) is 7.05 Å². The lowest BCUT2D eigenvalue weighted by Crippen LogP contribution is -2.31. The number of hydrogen-bond donors (Lipinski definition) is 3. The van der Waals surface area contributed by atoms with Gasteiger partial charge in [0.15, 0.2) is 5.82 Å². The van der Waals surface area contributed by atoms with Crippen LogP contribution in [0.25, 0.3) is 22.3 Å². The molecule has 10 heteroatoms. The normalized spacial score (nSPS) is 17.6. The molecule has 174 valence electrons. The van der Waals surface area contributed by atoms with E-state index in [-0.39, 0.29) is 12.0 Å². The fraction of sp³-hybridized carbons (Fsp3) is 0.333. The number of fused-ring (bicyclic) bond motifs is 2. The molecular formula is C24H25N7O3. The zero-order valence-corrected chi connectivity index (χ0v) is 18.8. The molecule has 4 aromatic heterocycles. The minimum absolute atomic E-state index is 0.0826. The Morgan fingerprint density at radius 1 is 1.32 bits per heavy atom. The van der Waals surface area contributed by atoms with Gasteiger partial charge in [0.1, 0.15) is 17.9 Å². The van der Waals surface area contributed by atoms with Gasteiger partial charge in [0, 0.05) is 50.3 Å². The maximum atomic E-state index is 12.9. The molecule has 0 bridgehead atoms. The number of ether oxygens (including phenoxy) is 2. The lowest BCUT2D eigenvalue weighted by Gasteiger charge is -2.16. The van der Waals surface area contributed by atoms with Crippen LogP contribution in [0.1, 0.15) is 28.9 Å². The smallest absolute Gasteiger partial charge is 0.255 e. The van der Waals surface area contributed by atoms with Crippen LogP contribution >= 0.6 is 0 Å². The molecular weight excluding hydrogens is 434 g/mol. The number of nitrogens with zero attached hydrogens (tertiary/aromatic N) is 4. The molecule has 0 unspecified atom stereocenters. The summed E-state index contributed by atoms with van der Waals surface area (Å²) in [5.41, 5.74) is 5.28. The molecule has 0 saturated carbocycles. The number of aromatic amines is 1. The van der Waals surface area contributed by atoms with E-state index in [4.69, 9.17) is 9.47 Å². The summed E-state index contributed by atoms with van der Waals surface area (Å²) in [6.45, 7) is 1.81. The third-order valence-corrected chi connectivity index (χ3v) is 6.32. The van der Waals surface area contributed by atoms with E-state index in [1.165, 1.54) is 0 Å². The van der Waals surface area contributed by atoms with Crippen LogP contribution in [-0.2, 0) is 18.2 Å². The Labute approximate surface area is 195 Å². The zero-order valence-electron chi connectivity index (χ0n) is 18.8. The van der Waals surface area contributed by atoms with Crippen LogP contribution in [0.5, 0.6) is 5.75 Å². The van der Waals surface area contributed by atoms with E-state index in [1.807, 2.05) is 25.2 Å². The van der Waals surface area contributed by atoms with Crippen molar-refractivity contribution in [3.63, 3.8) is 0 Å². The molecule has 10 nitrogen and oxygen atoms in total. The zero-order chi connectivity index (χ0) is 23.1. The summed E-state index contributed by atoms with van der Waals surface area (Å²) >= 11 is 0. The first-order valence-corrected chi connectivity index (χ1v) is 11.5. The average molecular weight is 460 g/mol. The molecule has 6 heterocycles. The van der Waals surface area contributed by atoms with Crippen LogP contribution in [-0.4, -0.2) is 56.5 Å². The van der Waals surface area contributed by atoms with Crippen molar-refractivity contribution in [1.29, 1.82) is 0 Å². The average Bonchev–Trinajstić information content (AvgIpc) is 3.58. The van der Waals surface area contributed by atoms with Gasteiger partial charge in [-0.3, -0.25) is 19.4 Å². The summed E-state index contributed by atoms with van der Waals surface area (Å²) in [4.78, 5) is 25.2. The maximum Gasteiger partial charge on any atom is 0.255 e. The number of anilines is 2. The fourth-order valence-corrected chi connectivity index (χ4v) is 4.66. The van der Waals surface area contributed by atoms with Crippen molar-refractivity contribution in [2.75, 3.05) is 25.1 Å². The van der Waals surface area contributed by atoms with Crippen molar-refractivity contribution in [3.8, 4) is 17.0 Å². The topological polar surface area (TPSA) is 119 Å². The highest BCUT2D eigenvalue weighted by molar-refractivity contribution is 6.07. The van der Waals surface area contributed by atoms with E-state index in [0.29, 0.717) is 42.4 Å². The van der Waals surface area contributed by atoms with E-state index in [9.17, 15) is 4.79 Å². The molecule has 34 heavy (non-hydrogen) atoms. The minimum atomic E-state index is -0.129. The number of aryl methyl sites for hydroxylation is 1. The lowest BCUT2D eigenvalue weighted by atomic mass is 10.1. The second-order valence-corrected chi connectivity index (χ2v) is 8.52. The first kappa shape index (κ1) is 20.7. The van der Waals surface area contributed by atoms with Gasteiger partial charge < -0.3 is 25.1 Å². The van der Waals surface area contributed by atoms with Crippen molar-refractivity contribution in [2.45, 2.75) is 25.4 Å². The number of pyridine rings is 2. The number of nitrogens with one attached hydrogen (secondary N) is 3. The number of aromatic nitrogens is 5. The fourth-order valence-electron chi connectivity index (χ4n) is 4.66. The SMILES string of the molecule is Cn1nc(Nc2c(-c3ccncc3OC[C@@H]3CCCO3)[nH]c3c2C(=O)NCC3)c2ncccc21. The number of hydrogen-bond acceptors (Lipinski definition) is 7. The number of H-pyrrole nitrogens is 1. The molecule has 4 aromatic rings. The van der Waals surface area contributed by atoms with Crippen LogP contribution < -0.4 is 15.4 Å². The van der Waals surface area contributed by atoms with Crippen molar-refractivity contribution in [1.82, 2.24) is 30.0 Å².